The first-order chi connectivity index (χ1) is 14.3. The molecule has 1 aromatic heterocycles. The van der Waals surface area contributed by atoms with Crippen LogP contribution in [-0.4, -0.2) is 41.5 Å². The van der Waals surface area contributed by atoms with E-state index in [0.29, 0.717) is 30.6 Å². The van der Waals surface area contributed by atoms with E-state index < -0.39 is 21.8 Å². The molecule has 0 spiro atoms. The van der Waals surface area contributed by atoms with Gasteiger partial charge in [0, 0.05) is 36.2 Å². The van der Waals surface area contributed by atoms with E-state index in [1.165, 1.54) is 16.4 Å². The van der Waals surface area contributed by atoms with Crippen molar-refractivity contribution in [1.82, 2.24) is 8.87 Å². The van der Waals surface area contributed by atoms with Crippen molar-refractivity contribution in [2.24, 2.45) is 0 Å². The van der Waals surface area contributed by atoms with E-state index in [1.54, 1.807) is 30.3 Å². The van der Waals surface area contributed by atoms with Crippen LogP contribution in [0.2, 0.25) is 0 Å². The molecule has 0 saturated carbocycles. The summed E-state index contributed by atoms with van der Waals surface area (Å²) in [6, 6.07) is 11.1. The van der Waals surface area contributed by atoms with Gasteiger partial charge in [-0.2, -0.15) is 4.31 Å². The molecule has 2 heterocycles. The SMILES string of the molecule is Cc1c(CC(=O)O)c2cc(F)ccc2n1Cc1ccc(S(=O)(=O)N2CCCC2)cc1. The molecule has 6 nitrogen and oxygen atoms in total. The number of halogens is 1. The van der Waals surface area contributed by atoms with Gasteiger partial charge in [0.15, 0.2) is 0 Å². The molecule has 0 unspecified atom stereocenters. The van der Waals surface area contributed by atoms with Crippen molar-refractivity contribution >= 4 is 26.9 Å². The second kappa shape index (κ2) is 7.85. The summed E-state index contributed by atoms with van der Waals surface area (Å²) in [6.07, 6.45) is 1.58. The summed E-state index contributed by atoms with van der Waals surface area (Å²) in [7, 11) is -3.47. The Kier molecular flexibility index (Phi) is 5.38. The third-order valence-electron chi connectivity index (χ3n) is 5.71. The molecule has 0 bridgehead atoms. The number of sulfonamides is 1. The van der Waals surface area contributed by atoms with Crippen LogP contribution in [0.3, 0.4) is 0 Å². The topological polar surface area (TPSA) is 79.6 Å². The molecule has 3 aromatic rings. The number of carboxylic acid groups (broad SMARTS) is 1. The van der Waals surface area contributed by atoms with Gasteiger partial charge in [-0.3, -0.25) is 4.79 Å². The van der Waals surface area contributed by atoms with Crippen LogP contribution in [0.1, 0.15) is 29.7 Å². The van der Waals surface area contributed by atoms with Crippen molar-refractivity contribution in [3.8, 4) is 0 Å². The lowest BCUT2D eigenvalue weighted by atomic mass is 10.1. The molecule has 2 aromatic carbocycles. The molecule has 4 rings (SSSR count). The van der Waals surface area contributed by atoms with Gasteiger partial charge in [-0.05, 0) is 61.2 Å². The van der Waals surface area contributed by atoms with E-state index in [1.807, 2.05) is 11.5 Å². The van der Waals surface area contributed by atoms with E-state index in [2.05, 4.69) is 0 Å². The molecular weight excluding hydrogens is 407 g/mol. The van der Waals surface area contributed by atoms with Crippen LogP contribution >= 0.6 is 0 Å². The van der Waals surface area contributed by atoms with E-state index in [-0.39, 0.29) is 11.3 Å². The maximum atomic E-state index is 13.8. The second-order valence-corrected chi connectivity index (χ2v) is 9.58. The van der Waals surface area contributed by atoms with Crippen molar-refractivity contribution in [2.45, 2.75) is 37.6 Å². The highest BCUT2D eigenvalue weighted by atomic mass is 32.2. The molecule has 1 aliphatic heterocycles. The fraction of sp³-hybridized carbons (Fsp3) is 0.318. The van der Waals surface area contributed by atoms with Crippen molar-refractivity contribution in [2.75, 3.05) is 13.1 Å². The molecule has 1 aliphatic rings. The predicted molar refractivity (Wildman–Crippen MR) is 112 cm³/mol. The van der Waals surface area contributed by atoms with Gasteiger partial charge in [0.25, 0.3) is 0 Å². The van der Waals surface area contributed by atoms with Crippen molar-refractivity contribution in [3.05, 3.63) is 65.1 Å². The summed E-state index contributed by atoms with van der Waals surface area (Å²) in [5.74, 6) is -1.39. The predicted octanol–water partition coefficient (Wildman–Crippen LogP) is 3.55. The monoisotopic (exact) mass is 430 g/mol. The standard InChI is InChI=1S/C22H23FN2O4S/c1-15-19(13-22(26)27)20-12-17(23)6-9-21(20)25(15)14-16-4-7-18(8-5-16)30(28,29)24-10-2-3-11-24/h4-9,12H,2-3,10-11,13-14H2,1H3,(H,26,27). The van der Waals surface area contributed by atoms with Crippen molar-refractivity contribution in [3.63, 3.8) is 0 Å². The zero-order chi connectivity index (χ0) is 21.5. The van der Waals surface area contributed by atoms with Crippen LogP contribution in [0.15, 0.2) is 47.4 Å². The second-order valence-electron chi connectivity index (χ2n) is 7.64. The first-order valence-corrected chi connectivity index (χ1v) is 11.3. The molecule has 8 heteroatoms. The quantitative estimate of drug-likeness (QED) is 0.649. The average molecular weight is 431 g/mol. The van der Waals surface area contributed by atoms with Gasteiger partial charge >= 0.3 is 5.97 Å². The van der Waals surface area contributed by atoms with Gasteiger partial charge in [-0.25, -0.2) is 12.8 Å². The number of hydrogen-bond acceptors (Lipinski definition) is 3. The molecule has 1 saturated heterocycles. The summed E-state index contributed by atoms with van der Waals surface area (Å²) >= 11 is 0. The zero-order valence-corrected chi connectivity index (χ0v) is 17.5. The Hall–Kier alpha value is -2.71. The Bertz CT molecular complexity index is 1210. The Morgan fingerprint density at radius 1 is 1.10 bits per heavy atom. The summed E-state index contributed by atoms with van der Waals surface area (Å²) in [5.41, 5.74) is 2.97. The highest BCUT2D eigenvalue weighted by Crippen LogP contribution is 2.29. The maximum absolute atomic E-state index is 13.8. The first kappa shape index (κ1) is 20.6. The number of aliphatic carboxylic acids is 1. The lowest BCUT2D eigenvalue weighted by Gasteiger charge is -2.16. The molecule has 158 valence electrons. The van der Waals surface area contributed by atoms with Gasteiger partial charge in [0.2, 0.25) is 10.0 Å². The average Bonchev–Trinajstić information content (AvgIpc) is 3.33. The van der Waals surface area contributed by atoms with Crippen LogP contribution in [-0.2, 0) is 27.8 Å². The molecule has 0 atom stereocenters. The van der Waals surface area contributed by atoms with Gasteiger partial charge in [0.1, 0.15) is 5.82 Å². The minimum Gasteiger partial charge on any atom is -0.481 e. The number of aromatic nitrogens is 1. The van der Waals surface area contributed by atoms with Gasteiger partial charge in [-0.15, -0.1) is 0 Å². The Morgan fingerprint density at radius 2 is 1.77 bits per heavy atom. The smallest absolute Gasteiger partial charge is 0.307 e. The van der Waals surface area contributed by atoms with E-state index in [0.717, 1.165) is 29.6 Å². The number of nitrogens with zero attached hydrogens (tertiary/aromatic N) is 2. The fourth-order valence-corrected chi connectivity index (χ4v) is 5.65. The highest BCUT2D eigenvalue weighted by Gasteiger charge is 2.27. The summed E-state index contributed by atoms with van der Waals surface area (Å²) in [4.78, 5) is 11.6. The van der Waals surface area contributed by atoms with E-state index in [9.17, 15) is 22.7 Å². The number of benzene rings is 2. The summed E-state index contributed by atoms with van der Waals surface area (Å²) < 4.78 is 42.6. The van der Waals surface area contributed by atoms with Crippen molar-refractivity contribution in [1.29, 1.82) is 0 Å². The Balaban J connectivity index is 1.68. The van der Waals surface area contributed by atoms with E-state index >= 15 is 0 Å². The molecule has 0 aliphatic carbocycles. The van der Waals surface area contributed by atoms with E-state index in [4.69, 9.17) is 0 Å². The fourth-order valence-electron chi connectivity index (χ4n) is 4.13. The molecular formula is C22H23FN2O4S. The van der Waals surface area contributed by atoms with Crippen molar-refractivity contribution < 1.29 is 22.7 Å². The Labute approximate surface area is 174 Å². The van der Waals surface area contributed by atoms with Gasteiger partial charge < -0.3 is 9.67 Å². The third kappa shape index (κ3) is 3.73. The highest BCUT2D eigenvalue weighted by molar-refractivity contribution is 7.89. The minimum absolute atomic E-state index is 0.189. The van der Waals surface area contributed by atoms with Crippen LogP contribution < -0.4 is 0 Å². The summed E-state index contributed by atoms with van der Waals surface area (Å²) in [6.45, 7) is 3.36. The number of carbonyl (C=O) groups is 1. The Morgan fingerprint density at radius 3 is 2.40 bits per heavy atom. The number of rotatable bonds is 6. The van der Waals surface area contributed by atoms with Gasteiger partial charge in [0.05, 0.1) is 11.3 Å². The third-order valence-corrected chi connectivity index (χ3v) is 7.62. The van der Waals surface area contributed by atoms with Crippen LogP contribution in [0.25, 0.3) is 10.9 Å². The largest absolute Gasteiger partial charge is 0.481 e. The number of fused-ring (bicyclic) bond motifs is 1. The lowest BCUT2D eigenvalue weighted by molar-refractivity contribution is -0.136. The zero-order valence-electron chi connectivity index (χ0n) is 16.6. The molecule has 0 amide bonds. The van der Waals surface area contributed by atoms with Crippen LogP contribution in [0.5, 0.6) is 0 Å². The lowest BCUT2D eigenvalue weighted by Crippen LogP contribution is -2.27. The molecule has 1 N–H and O–H groups in total. The van der Waals surface area contributed by atoms with Crippen LogP contribution in [0.4, 0.5) is 4.39 Å². The molecule has 0 radical (unpaired) electrons. The molecule has 30 heavy (non-hydrogen) atoms. The maximum Gasteiger partial charge on any atom is 0.307 e. The van der Waals surface area contributed by atoms with Gasteiger partial charge in [-0.1, -0.05) is 12.1 Å². The first-order valence-electron chi connectivity index (χ1n) is 9.85. The summed E-state index contributed by atoms with van der Waals surface area (Å²) in [5, 5.41) is 9.84. The number of carboxylic acids is 1. The molecule has 1 fully saturated rings. The number of hydrogen-bond donors (Lipinski definition) is 1. The minimum atomic E-state index is -3.47. The van der Waals surface area contributed by atoms with Crippen LogP contribution in [0, 0.1) is 12.7 Å². The normalized spacial score (nSPS) is 15.1.